The molecule has 5 heteroatoms. The van der Waals surface area contributed by atoms with E-state index in [1.807, 2.05) is 72.2 Å². The Kier molecular flexibility index (Phi) is 5.70. The molecule has 5 rings (SSSR count). The Morgan fingerprint density at radius 1 is 0.941 bits per heavy atom. The first-order valence-electron chi connectivity index (χ1n) is 11.7. The van der Waals surface area contributed by atoms with Crippen molar-refractivity contribution in [3.63, 3.8) is 0 Å². The summed E-state index contributed by atoms with van der Waals surface area (Å²) in [4.78, 5) is 29.2. The number of rotatable bonds is 6. The summed E-state index contributed by atoms with van der Waals surface area (Å²) in [5.41, 5.74) is 3.99. The molecule has 1 aliphatic rings. The zero-order valence-electron chi connectivity index (χ0n) is 19.6. The number of nitrogens with zero attached hydrogens (tertiary/aromatic N) is 2. The van der Waals surface area contributed by atoms with Crippen LogP contribution in [0.25, 0.3) is 10.9 Å². The lowest BCUT2D eigenvalue weighted by molar-refractivity contribution is -0.133. The highest BCUT2D eigenvalue weighted by atomic mass is 16.2. The van der Waals surface area contributed by atoms with Crippen molar-refractivity contribution in [1.82, 2.24) is 14.8 Å². The number of benzene rings is 3. The highest BCUT2D eigenvalue weighted by Crippen LogP contribution is 2.32. The molecule has 4 aromatic rings. The molecule has 2 amide bonds. The van der Waals surface area contributed by atoms with Crippen LogP contribution in [0, 0.1) is 6.92 Å². The maximum absolute atomic E-state index is 13.8. The highest BCUT2D eigenvalue weighted by Gasteiger charge is 2.47. The van der Waals surface area contributed by atoms with Crippen LogP contribution < -0.4 is 5.32 Å². The fourth-order valence-electron chi connectivity index (χ4n) is 4.82. The predicted octanol–water partition coefficient (Wildman–Crippen LogP) is 4.72. The van der Waals surface area contributed by atoms with Gasteiger partial charge in [-0.25, -0.2) is 0 Å². The van der Waals surface area contributed by atoms with Crippen LogP contribution in [0.4, 0.5) is 0 Å². The van der Waals surface area contributed by atoms with Crippen molar-refractivity contribution in [3.05, 3.63) is 107 Å². The molecular weight excluding hydrogens is 422 g/mol. The lowest BCUT2D eigenvalue weighted by Crippen LogP contribution is -2.64. The number of nitrogens with one attached hydrogen (secondary N) is 1. The number of aryl methyl sites for hydroxylation is 1. The molecule has 5 nitrogen and oxygen atoms in total. The van der Waals surface area contributed by atoms with E-state index in [9.17, 15) is 9.59 Å². The summed E-state index contributed by atoms with van der Waals surface area (Å²) >= 11 is 0. The van der Waals surface area contributed by atoms with E-state index in [-0.39, 0.29) is 11.8 Å². The lowest BCUT2D eigenvalue weighted by Gasteiger charge is -2.44. The topological polar surface area (TPSA) is 54.3 Å². The maximum atomic E-state index is 13.8. The van der Waals surface area contributed by atoms with Crippen molar-refractivity contribution in [1.29, 1.82) is 0 Å². The van der Waals surface area contributed by atoms with Gasteiger partial charge in [0.05, 0.1) is 6.54 Å². The van der Waals surface area contributed by atoms with Crippen molar-refractivity contribution >= 4 is 22.7 Å². The molecular formula is C29H29N3O2. The van der Waals surface area contributed by atoms with Crippen molar-refractivity contribution in [2.45, 2.75) is 38.9 Å². The average molecular weight is 452 g/mol. The van der Waals surface area contributed by atoms with E-state index in [0.717, 1.165) is 22.0 Å². The van der Waals surface area contributed by atoms with Gasteiger partial charge in [-0.3, -0.25) is 9.59 Å². The molecule has 0 radical (unpaired) electrons. The van der Waals surface area contributed by atoms with Gasteiger partial charge in [0, 0.05) is 24.0 Å². The summed E-state index contributed by atoms with van der Waals surface area (Å²) in [7, 11) is 0. The van der Waals surface area contributed by atoms with Crippen molar-refractivity contribution in [2.24, 2.45) is 0 Å². The molecule has 34 heavy (non-hydrogen) atoms. The molecule has 172 valence electrons. The van der Waals surface area contributed by atoms with Crippen LogP contribution in [-0.2, 0) is 24.3 Å². The normalized spacial score (nSPS) is 17.6. The lowest BCUT2D eigenvalue weighted by atomic mass is 9.93. The third-order valence-electron chi connectivity index (χ3n) is 6.87. The molecule has 0 spiro atoms. The van der Waals surface area contributed by atoms with Crippen LogP contribution in [0.3, 0.4) is 0 Å². The minimum absolute atomic E-state index is 0.105. The molecule has 1 aliphatic heterocycles. The second-order valence-electron chi connectivity index (χ2n) is 9.31. The third-order valence-corrected chi connectivity index (χ3v) is 6.87. The van der Waals surface area contributed by atoms with Gasteiger partial charge in [-0.1, -0.05) is 78.4 Å². The van der Waals surface area contributed by atoms with Gasteiger partial charge in [0.25, 0.3) is 5.91 Å². The summed E-state index contributed by atoms with van der Waals surface area (Å²) in [6, 6.07) is 28.1. The first-order chi connectivity index (χ1) is 16.5. The smallest absolute Gasteiger partial charge is 0.271 e. The van der Waals surface area contributed by atoms with E-state index >= 15 is 0 Å². The monoisotopic (exact) mass is 451 g/mol. The van der Waals surface area contributed by atoms with Crippen LogP contribution >= 0.6 is 0 Å². The van der Waals surface area contributed by atoms with Gasteiger partial charge in [-0.2, -0.15) is 0 Å². The largest absolute Gasteiger partial charge is 0.350 e. The molecule has 0 saturated heterocycles. The minimum Gasteiger partial charge on any atom is -0.350 e. The Hall–Kier alpha value is -3.86. The number of fused-ring (bicyclic) bond motifs is 3. The number of hydrogen-bond acceptors (Lipinski definition) is 2. The summed E-state index contributed by atoms with van der Waals surface area (Å²) in [5.74, 6) is -0.246. The van der Waals surface area contributed by atoms with Gasteiger partial charge >= 0.3 is 0 Å². The van der Waals surface area contributed by atoms with Crippen LogP contribution in [0.5, 0.6) is 0 Å². The van der Waals surface area contributed by atoms with Crippen molar-refractivity contribution in [2.75, 3.05) is 6.54 Å². The Balaban J connectivity index is 1.47. The Bertz CT molecular complexity index is 1340. The molecule has 1 N–H and O–H groups in total. The predicted molar refractivity (Wildman–Crippen MR) is 135 cm³/mol. The van der Waals surface area contributed by atoms with E-state index in [1.165, 1.54) is 5.56 Å². The van der Waals surface area contributed by atoms with E-state index in [0.29, 0.717) is 31.7 Å². The number of carbonyl (C=O) groups is 2. The molecule has 1 atom stereocenters. The van der Waals surface area contributed by atoms with Gasteiger partial charge in [0.1, 0.15) is 11.2 Å². The van der Waals surface area contributed by atoms with Crippen LogP contribution in [-0.4, -0.2) is 33.4 Å². The SMILES string of the molecule is Cc1ccc(CCN2C(=O)c3cc4ccccc4n3C[C@]2(C)C(=O)NCc2ccccc2)cc1. The molecule has 2 heterocycles. The zero-order valence-corrected chi connectivity index (χ0v) is 19.6. The van der Waals surface area contributed by atoms with Gasteiger partial charge in [-0.15, -0.1) is 0 Å². The van der Waals surface area contributed by atoms with Gasteiger partial charge in [0.2, 0.25) is 5.91 Å². The van der Waals surface area contributed by atoms with E-state index in [1.54, 1.807) is 4.90 Å². The third kappa shape index (κ3) is 3.98. The number of hydrogen-bond donors (Lipinski definition) is 1. The Labute approximate surface area is 200 Å². The highest BCUT2D eigenvalue weighted by molar-refractivity contribution is 6.03. The molecule has 3 aromatic carbocycles. The van der Waals surface area contributed by atoms with E-state index < -0.39 is 5.54 Å². The second kappa shape index (κ2) is 8.82. The maximum Gasteiger partial charge on any atom is 0.271 e. The molecule has 1 aromatic heterocycles. The number of carbonyl (C=O) groups excluding carboxylic acids is 2. The standard InChI is InChI=1S/C29H29N3O2/c1-21-12-14-22(15-13-21)16-17-32-27(33)26-18-24-10-6-7-11-25(24)31(26)20-29(32,2)28(34)30-19-23-8-4-3-5-9-23/h3-15,18H,16-17,19-20H2,1-2H3,(H,30,34)/t29-/m1/s1. The average Bonchev–Trinajstić information content (AvgIpc) is 3.22. The Morgan fingerprint density at radius 3 is 2.41 bits per heavy atom. The van der Waals surface area contributed by atoms with Crippen molar-refractivity contribution < 1.29 is 9.59 Å². The molecule has 0 fully saturated rings. The molecule has 0 aliphatic carbocycles. The van der Waals surface area contributed by atoms with E-state index in [2.05, 4.69) is 36.5 Å². The zero-order chi connectivity index (χ0) is 23.7. The second-order valence-corrected chi connectivity index (χ2v) is 9.31. The summed E-state index contributed by atoms with van der Waals surface area (Å²) in [5, 5.41) is 4.10. The van der Waals surface area contributed by atoms with Crippen molar-refractivity contribution in [3.8, 4) is 0 Å². The fourth-order valence-corrected chi connectivity index (χ4v) is 4.82. The van der Waals surface area contributed by atoms with Crippen LogP contribution in [0.2, 0.25) is 0 Å². The van der Waals surface area contributed by atoms with Gasteiger partial charge in [-0.05, 0) is 43.5 Å². The summed E-state index contributed by atoms with van der Waals surface area (Å²) in [6.07, 6.45) is 0.688. The van der Waals surface area contributed by atoms with Gasteiger partial charge in [0.15, 0.2) is 0 Å². The summed E-state index contributed by atoms with van der Waals surface area (Å²) in [6.45, 7) is 5.26. The fraction of sp³-hybridized carbons (Fsp3) is 0.241. The van der Waals surface area contributed by atoms with Crippen LogP contribution in [0.15, 0.2) is 84.9 Å². The van der Waals surface area contributed by atoms with Gasteiger partial charge < -0.3 is 14.8 Å². The Morgan fingerprint density at radius 2 is 1.65 bits per heavy atom. The number of para-hydroxylation sites is 1. The van der Waals surface area contributed by atoms with E-state index in [4.69, 9.17) is 0 Å². The van der Waals surface area contributed by atoms with Crippen LogP contribution in [0.1, 0.15) is 34.1 Å². The molecule has 0 saturated carbocycles. The number of amides is 2. The minimum atomic E-state index is -1.01. The first kappa shape index (κ1) is 22.0. The quantitative estimate of drug-likeness (QED) is 0.461. The first-order valence-corrected chi connectivity index (χ1v) is 11.7. The number of aromatic nitrogens is 1. The molecule has 0 bridgehead atoms. The summed E-state index contributed by atoms with van der Waals surface area (Å²) < 4.78 is 2.00. The molecule has 0 unspecified atom stereocenters.